The van der Waals surface area contributed by atoms with E-state index in [2.05, 4.69) is 23.7 Å². The molecule has 0 amide bonds. The molecule has 2 aromatic carbocycles. The highest BCUT2D eigenvalue weighted by Crippen LogP contribution is 2.42. The second kappa shape index (κ2) is 11.2. The molecule has 39 heavy (non-hydrogen) atoms. The number of hydrogen-bond acceptors (Lipinski definition) is 4. The molecule has 0 bridgehead atoms. The van der Waals surface area contributed by atoms with Crippen LogP contribution in [-0.2, 0) is 6.18 Å². The highest BCUT2D eigenvalue weighted by atomic mass is 19.4. The van der Waals surface area contributed by atoms with Gasteiger partial charge in [-0.05, 0) is 79.3 Å². The number of pyridine rings is 1. The van der Waals surface area contributed by atoms with Crippen molar-refractivity contribution in [1.82, 2.24) is 4.98 Å². The molecule has 0 radical (unpaired) electrons. The Morgan fingerprint density at radius 3 is 2.38 bits per heavy atom. The maximum Gasteiger partial charge on any atom is 0.419 e. The standard InChI is InChI=1S/C32H37F3N2O2/c1-3-5-20(4-2)16-21-12-14-37(15-13-21)30-25-17-23(24-9-11-29(38)27(18-24)32(33,34)35)8-10-28(25)36-19-26(30)31(39)22-6-7-22/h8-11,17-22,38H,3-7,12-16H2,1-2H3. The summed E-state index contributed by atoms with van der Waals surface area (Å²) < 4.78 is 40.5. The monoisotopic (exact) mass is 538 g/mol. The Labute approximate surface area is 228 Å². The highest BCUT2D eigenvalue weighted by Gasteiger charge is 2.35. The Morgan fingerprint density at radius 1 is 1.05 bits per heavy atom. The van der Waals surface area contributed by atoms with Gasteiger partial charge in [0.25, 0.3) is 0 Å². The molecule has 4 nitrogen and oxygen atoms in total. The molecule has 0 spiro atoms. The zero-order valence-electron chi connectivity index (χ0n) is 22.7. The molecule has 1 unspecified atom stereocenters. The van der Waals surface area contributed by atoms with Crippen LogP contribution in [-0.4, -0.2) is 29.0 Å². The molecule has 2 heterocycles. The molecular formula is C32H37F3N2O2. The summed E-state index contributed by atoms with van der Waals surface area (Å²) >= 11 is 0. The summed E-state index contributed by atoms with van der Waals surface area (Å²) in [6.07, 6.45) is 5.87. The Hall–Kier alpha value is -3.09. The largest absolute Gasteiger partial charge is 0.507 e. The number of halogens is 3. The third-order valence-electron chi connectivity index (χ3n) is 8.56. The predicted molar refractivity (Wildman–Crippen MR) is 149 cm³/mol. The number of hydrogen-bond donors (Lipinski definition) is 1. The fourth-order valence-electron chi connectivity index (χ4n) is 6.15. The molecule has 1 saturated heterocycles. The summed E-state index contributed by atoms with van der Waals surface area (Å²) in [7, 11) is 0. The number of piperidine rings is 1. The van der Waals surface area contributed by atoms with E-state index in [1.165, 1.54) is 31.7 Å². The van der Waals surface area contributed by atoms with Crippen LogP contribution < -0.4 is 4.90 Å². The number of rotatable bonds is 9. The molecule has 1 N–H and O–H groups in total. The first-order valence-corrected chi connectivity index (χ1v) is 14.3. The summed E-state index contributed by atoms with van der Waals surface area (Å²) in [5, 5.41) is 10.6. The predicted octanol–water partition coefficient (Wildman–Crippen LogP) is 8.65. The number of ketones is 1. The van der Waals surface area contributed by atoms with Gasteiger partial charge in [0.15, 0.2) is 5.78 Å². The van der Waals surface area contributed by atoms with E-state index in [9.17, 15) is 23.1 Å². The van der Waals surface area contributed by atoms with Gasteiger partial charge in [-0.25, -0.2) is 0 Å². The maximum atomic E-state index is 13.5. The lowest BCUT2D eigenvalue weighted by Gasteiger charge is -2.36. The SMILES string of the molecule is CCCC(CC)CC1CCN(c2c(C(=O)C3CC3)cnc3ccc(-c4ccc(O)c(C(F)(F)F)c4)cc23)CC1. The number of fused-ring (bicyclic) bond motifs is 1. The van der Waals surface area contributed by atoms with Gasteiger partial charge in [0, 0.05) is 30.6 Å². The normalized spacial score (nSPS) is 17.5. The van der Waals surface area contributed by atoms with Gasteiger partial charge in [0.05, 0.1) is 22.3 Å². The first-order valence-electron chi connectivity index (χ1n) is 14.3. The minimum absolute atomic E-state index is 0.0366. The molecule has 5 rings (SSSR count). The summed E-state index contributed by atoms with van der Waals surface area (Å²) in [4.78, 5) is 20.3. The topological polar surface area (TPSA) is 53.4 Å². The van der Waals surface area contributed by atoms with E-state index in [1.54, 1.807) is 12.3 Å². The number of alkyl halides is 3. The van der Waals surface area contributed by atoms with E-state index < -0.39 is 17.5 Å². The number of carbonyl (C=O) groups excluding carboxylic acids is 1. The molecule has 208 valence electrons. The second-order valence-corrected chi connectivity index (χ2v) is 11.3. The number of carbonyl (C=O) groups is 1. The van der Waals surface area contributed by atoms with Crippen LogP contribution in [0.4, 0.5) is 18.9 Å². The van der Waals surface area contributed by atoms with Crippen LogP contribution in [0.2, 0.25) is 0 Å². The van der Waals surface area contributed by atoms with Crippen molar-refractivity contribution in [2.24, 2.45) is 17.8 Å². The quantitative estimate of drug-likeness (QED) is 0.277. The van der Waals surface area contributed by atoms with E-state index in [1.807, 2.05) is 12.1 Å². The Morgan fingerprint density at radius 2 is 1.74 bits per heavy atom. The van der Waals surface area contributed by atoms with E-state index in [-0.39, 0.29) is 11.7 Å². The number of nitrogens with zero attached hydrogens (tertiary/aromatic N) is 2. The van der Waals surface area contributed by atoms with Gasteiger partial charge in [-0.3, -0.25) is 9.78 Å². The number of aromatic hydroxyl groups is 1. The molecule has 1 atom stereocenters. The Kier molecular flexibility index (Phi) is 7.88. The van der Waals surface area contributed by atoms with Crippen LogP contribution in [0.15, 0.2) is 42.6 Å². The molecule has 2 aliphatic rings. The third-order valence-corrected chi connectivity index (χ3v) is 8.56. The summed E-state index contributed by atoms with van der Waals surface area (Å²) in [6, 6.07) is 8.97. The summed E-state index contributed by atoms with van der Waals surface area (Å²) in [5.74, 6) is 0.787. The van der Waals surface area contributed by atoms with Crippen molar-refractivity contribution in [1.29, 1.82) is 0 Å². The maximum absolute atomic E-state index is 13.5. The number of aromatic nitrogens is 1. The Bertz CT molecular complexity index is 1340. The van der Waals surface area contributed by atoms with E-state index in [0.29, 0.717) is 28.1 Å². The third kappa shape index (κ3) is 5.92. The molecule has 1 aliphatic heterocycles. The second-order valence-electron chi connectivity index (χ2n) is 11.3. The number of benzene rings is 2. The lowest BCUT2D eigenvalue weighted by molar-refractivity contribution is -0.138. The van der Waals surface area contributed by atoms with Crippen LogP contribution in [0.1, 0.15) is 81.1 Å². The van der Waals surface area contributed by atoms with E-state index in [4.69, 9.17) is 0 Å². The average Bonchev–Trinajstić information content (AvgIpc) is 3.77. The van der Waals surface area contributed by atoms with Crippen molar-refractivity contribution in [2.75, 3.05) is 18.0 Å². The number of Topliss-reactive ketones (excluding diaryl/α,β-unsaturated/α-hetero) is 1. The summed E-state index contributed by atoms with van der Waals surface area (Å²) in [5.41, 5.74) is 2.09. The van der Waals surface area contributed by atoms with Crippen molar-refractivity contribution in [3.63, 3.8) is 0 Å². The van der Waals surface area contributed by atoms with E-state index in [0.717, 1.165) is 67.9 Å². The zero-order valence-corrected chi connectivity index (χ0v) is 22.7. The van der Waals surface area contributed by atoms with Gasteiger partial charge in [-0.15, -0.1) is 0 Å². The zero-order chi connectivity index (χ0) is 27.7. The van der Waals surface area contributed by atoms with Gasteiger partial charge in [0.1, 0.15) is 5.75 Å². The molecule has 1 aliphatic carbocycles. The average molecular weight is 539 g/mol. The molecule has 1 saturated carbocycles. The lowest BCUT2D eigenvalue weighted by atomic mass is 9.84. The minimum atomic E-state index is -4.66. The van der Waals surface area contributed by atoms with Crippen molar-refractivity contribution in [2.45, 2.75) is 71.4 Å². The Balaban J connectivity index is 1.52. The van der Waals surface area contributed by atoms with Gasteiger partial charge in [-0.2, -0.15) is 13.2 Å². The number of anilines is 1. The van der Waals surface area contributed by atoms with Gasteiger partial charge in [0.2, 0.25) is 0 Å². The van der Waals surface area contributed by atoms with Crippen LogP contribution in [0.5, 0.6) is 5.75 Å². The highest BCUT2D eigenvalue weighted by molar-refractivity contribution is 6.10. The van der Waals surface area contributed by atoms with Gasteiger partial charge >= 0.3 is 6.18 Å². The van der Waals surface area contributed by atoms with Crippen molar-refractivity contribution in [3.05, 3.63) is 53.7 Å². The first kappa shape index (κ1) is 27.5. The first-order chi connectivity index (χ1) is 18.7. The summed E-state index contributed by atoms with van der Waals surface area (Å²) in [6.45, 7) is 6.21. The lowest BCUT2D eigenvalue weighted by Crippen LogP contribution is -2.35. The minimum Gasteiger partial charge on any atom is -0.507 e. The molecule has 2 fully saturated rings. The van der Waals surface area contributed by atoms with Crippen LogP contribution >= 0.6 is 0 Å². The van der Waals surface area contributed by atoms with Crippen molar-refractivity contribution in [3.8, 4) is 16.9 Å². The van der Waals surface area contributed by atoms with Crippen LogP contribution in [0.3, 0.4) is 0 Å². The smallest absolute Gasteiger partial charge is 0.419 e. The number of phenols is 1. The molecular weight excluding hydrogens is 501 g/mol. The van der Waals surface area contributed by atoms with E-state index >= 15 is 0 Å². The van der Waals surface area contributed by atoms with Gasteiger partial charge < -0.3 is 10.0 Å². The number of phenolic OH excluding ortho intramolecular Hbond substituents is 1. The van der Waals surface area contributed by atoms with Gasteiger partial charge in [-0.1, -0.05) is 45.2 Å². The molecule has 1 aromatic heterocycles. The van der Waals surface area contributed by atoms with Crippen LogP contribution in [0.25, 0.3) is 22.0 Å². The fourth-order valence-corrected chi connectivity index (χ4v) is 6.15. The van der Waals surface area contributed by atoms with Crippen molar-refractivity contribution >= 4 is 22.4 Å². The fraction of sp³-hybridized carbons (Fsp3) is 0.500. The van der Waals surface area contributed by atoms with Crippen molar-refractivity contribution < 1.29 is 23.1 Å². The van der Waals surface area contributed by atoms with Crippen LogP contribution in [0, 0.1) is 17.8 Å². The molecule has 3 aromatic rings. The molecule has 7 heteroatoms.